The number of aromatic carboxylic acids is 1. The van der Waals surface area contributed by atoms with E-state index in [1.54, 1.807) is 43.1 Å². The number of nitrogens with zero attached hydrogens (tertiary/aromatic N) is 3. The topological polar surface area (TPSA) is 88.2 Å². The standard InChI is InChI=1S/C13H15N3O3/c1-13(2,19)8-16-7-9(6-15-16)10-4-3-5-14-11(10)12(17)18/h3-7,19H,8H2,1-2H3,(H,17,18). The van der Waals surface area contributed by atoms with Gasteiger partial charge in [0.2, 0.25) is 0 Å². The van der Waals surface area contributed by atoms with Gasteiger partial charge < -0.3 is 10.2 Å². The molecule has 0 bridgehead atoms. The maximum atomic E-state index is 11.1. The van der Waals surface area contributed by atoms with E-state index in [0.29, 0.717) is 17.7 Å². The Kier molecular flexibility index (Phi) is 3.35. The average molecular weight is 261 g/mol. The Bertz CT molecular complexity index is 599. The van der Waals surface area contributed by atoms with Crippen LogP contribution in [0.5, 0.6) is 0 Å². The van der Waals surface area contributed by atoms with Gasteiger partial charge in [0.25, 0.3) is 0 Å². The van der Waals surface area contributed by atoms with Crippen LogP contribution in [0.1, 0.15) is 24.3 Å². The van der Waals surface area contributed by atoms with Crippen molar-refractivity contribution in [3.05, 3.63) is 36.4 Å². The summed E-state index contributed by atoms with van der Waals surface area (Å²) in [5.74, 6) is -1.08. The number of hydrogen-bond acceptors (Lipinski definition) is 4. The van der Waals surface area contributed by atoms with E-state index in [2.05, 4.69) is 10.1 Å². The second kappa shape index (κ2) is 4.81. The second-order valence-corrected chi connectivity index (χ2v) is 4.94. The van der Waals surface area contributed by atoms with E-state index in [-0.39, 0.29) is 5.69 Å². The molecule has 2 aromatic rings. The van der Waals surface area contributed by atoms with E-state index in [4.69, 9.17) is 5.11 Å². The smallest absolute Gasteiger partial charge is 0.355 e. The van der Waals surface area contributed by atoms with Crippen molar-refractivity contribution in [2.45, 2.75) is 26.0 Å². The Morgan fingerprint density at radius 1 is 1.47 bits per heavy atom. The van der Waals surface area contributed by atoms with Crippen molar-refractivity contribution < 1.29 is 15.0 Å². The van der Waals surface area contributed by atoms with Gasteiger partial charge in [-0.2, -0.15) is 5.10 Å². The molecule has 0 saturated carbocycles. The van der Waals surface area contributed by atoms with Crippen molar-refractivity contribution in [3.63, 3.8) is 0 Å². The van der Waals surface area contributed by atoms with Crippen molar-refractivity contribution in [2.24, 2.45) is 0 Å². The van der Waals surface area contributed by atoms with Gasteiger partial charge in [0.1, 0.15) is 0 Å². The zero-order chi connectivity index (χ0) is 14.0. The Labute approximate surface area is 110 Å². The zero-order valence-electron chi connectivity index (χ0n) is 10.7. The van der Waals surface area contributed by atoms with Gasteiger partial charge in [-0.3, -0.25) is 4.68 Å². The molecule has 6 heteroatoms. The predicted molar refractivity (Wildman–Crippen MR) is 68.7 cm³/mol. The molecule has 6 nitrogen and oxygen atoms in total. The highest BCUT2D eigenvalue weighted by Gasteiger charge is 2.17. The van der Waals surface area contributed by atoms with Gasteiger partial charge in [0.05, 0.1) is 18.3 Å². The fraction of sp³-hybridized carbons (Fsp3) is 0.308. The Balaban J connectivity index is 2.36. The van der Waals surface area contributed by atoms with Gasteiger partial charge in [-0.15, -0.1) is 0 Å². The van der Waals surface area contributed by atoms with E-state index in [1.807, 2.05) is 0 Å². The van der Waals surface area contributed by atoms with E-state index in [1.165, 1.54) is 6.20 Å². The predicted octanol–water partition coefficient (Wildman–Crippen LogP) is 1.41. The number of carboxylic acid groups (broad SMARTS) is 1. The van der Waals surface area contributed by atoms with Crippen molar-refractivity contribution in [1.29, 1.82) is 0 Å². The molecule has 100 valence electrons. The fourth-order valence-corrected chi connectivity index (χ4v) is 1.79. The molecule has 0 unspecified atom stereocenters. The fourth-order valence-electron chi connectivity index (χ4n) is 1.79. The van der Waals surface area contributed by atoms with Gasteiger partial charge in [0, 0.05) is 23.5 Å². The summed E-state index contributed by atoms with van der Waals surface area (Å²) < 4.78 is 1.58. The molecule has 0 spiro atoms. The second-order valence-electron chi connectivity index (χ2n) is 4.94. The first-order valence-electron chi connectivity index (χ1n) is 5.80. The average Bonchev–Trinajstić information content (AvgIpc) is 2.75. The van der Waals surface area contributed by atoms with Gasteiger partial charge in [-0.05, 0) is 19.9 Å². The molecule has 0 radical (unpaired) electrons. The molecule has 0 amide bonds. The Morgan fingerprint density at radius 3 is 2.84 bits per heavy atom. The van der Waals surface area contributed by atoms with Crippen molar-refractivity contribution in [3.8, 4) is 11.1 Å². The molecule has 19 heavy (non-hydrogen) atoms. The molecule has 0 saturated heterocycles. The molecule has 0 fully saturated rings. The highest BCUT2D eigenvalue weighted by molar-refractivity contribution is 5.93. The zero-order valence-corrected chi connectivity index (χ0v) is 10.7. The normalized spacial score (nSPS) is 11.5. The number of aromatic nitrogens is 3. The molecule has 0 aromatic carbocycles. The van der Waals surface area contributed by atoms with Gasteiger partial charge in [0.15, 0.2) is 5.69 Å². The summed E-state index contributed by atoms with van der Waals surface area (Å²) in [6.45, 7) is 3.69. The molecule has 0 aliphatic rings. The summed E-state index contributed by atoms with van der Waals surface area (Å²) in [7, 11) is 0. The SMILES string of the molecule is CC(C)(O)Cn1cc(-c2cccnc2C(=O)O)cn1. The highest BCUT2D eigenvalue weighted by atomic mass is 16.4. The van der Waals surface area contributed by atoms with Crippen molar-refractivity contribution in [1.82, 2.24) is 14.8 Å². The molecule has 2 N–H and O–H groups in total. The first-order valence-corrected chi connectivity index (χ1v) is 5.80. The molecule has 2 rings (SSSR count). The van der Waals surface area contributed by atoms with E-state index in [9.17, 15) is 9.90 Å². The quantitative estimate of drug-likeness (QED) is 0.868. The maximum Gasteiger partial charge on any atom is 0.355 e. The number of hydrogen-bond donors (Lipinski definition) is 2. The third-order valence-corrected chi connectivity index (χ3v) is 2.50. The molecule has 2 aromatic heterocycles. The summed E-state index contributed by atoms with van der Waals surface area (Å²) in [4.78, 5) is 15.0. The van der Waals surface area contributed by atoms with Crippen LogP contribution in [-0.2, 0) is 6.54 Å². The number of carbonyl (C=O) groups is 1. The van der Waals surface area contributed by atoms with Crippen LogP contribution in [-0.4, -0.2) is 36.5 Å². The lowest BCUT2D eigenvalue weighted by Crippen LogP contribution is -2.26. The molecular weight excluding hydrogens is 246 g/mol. The number of aliphatic hydroxyl groups is 1. The largest absolute Gasteiger partial charge is 0.476 e. The van der Waals surface area contributed by atoms with Gasteiger partial charge in [-0.25, -0.2) is 9.78 Å². The minimum absolute atomic E-state index is 0.00897. The van der Waals surface area contributed by atoms with E-state index >= 15 is 0 Å². The minimum atomic E-state index is -1.08. The van der Waals surface area contributed by atoms with Crippen LogP contribution < -0.4 is 0 Å². The summed E-state index contributed by atoms with van der Waals surface area (Å²) >= 11 is 0. The summed E-state index contributed by atoms with van der Waals surface area (Å²) in [5.41, 5.74) is 0.283. The number of rotatable bonds is 4. The summed E-state index contributed by atoms with van der Waals surface area (Å²) in [5, 5.41) is 22.9. The Hall–Kier alpha value is -2.21. The van der Waals surface area contributed by atoms with Crippen LogP contribution in [0.25, 0.3) is 11.1 Å². The van der Waals surface area contributed by atoms with Crippen molar-refractivity contribution >= 4 is 5.97 Å². The Morgan fingerprint density at radius 2 is 2.21 bits per heavy atom. The summed E-state index contributed by atoms with van der Waals surface area (Å²) in [6, 6.07) is 3.36. The highest BCUT2D eigenvalue weighted by Crippen LogP contribution is 2.22. The lowest BCUT2D eigenvalue weighted by Gasteiger charge is -2.16. The number of pyridine rings is 1. The lowest BCUT2D eigenvalue weighted by molar-refractivity contribution is 0.0577. The van der Waals surface area contributed by atoms with E-state index < -0.39 is 11.6 Å². The first kappa shape index (κ1) is 13.2. The third kappa shape index (κ3) is 3.17. The lowest BCUT2D eigenvalue weighted by atomic mass is 10.1. The maximum absolute atomic E-state index is 11.1. The first-order chi connectivity index (χ1) is 8.87. The summed E-state index contributed by atoms with van der Waals surface area (Å²) in [6.07, 6.45) is 4.70. The van der Waals surface area contributed by atoms with Gasteiger partial charge >= 0.3 is 5.97 Å². The molecule has 2 heterocycles. The van der Waals surface area contributed by atoms with Gasteiger partial charge in [-0.1, -0.05) is 6.07 Å². The number of carboxylic acids is 1. The minimum Gasteiger partial charge on any atom is -0.476 e. The van der Waals surface area contributed by atoms with Crippen LogP contribution in [0.15, 0.2) is 30.7 Å². The molecular formula is C13H15N3O3. The van der Waals surface area contributed by atoms with Crippen LogP contribution in [0, 0.1) is 0 Å². The van der Waals surface area contributed by atoms with E-state index in [0.717, 1.165) is 0 Å². The van der Waals surface area contributed by atoms with Crippen LogP contribution in [0.4, 0.5) is 0 Å². The van der Waals surface area contributed by atoms with Crippen LogP contribution in [0.2, 0.25) is 0 Å². The van der Waals surface area contributed by atoms with Crippen LogP contribution in [0.3, 0.4) is 0 Å². The molecule has 0 aliphatic carbocycles. The molecule has 0 aliphatic heterocycles. The monoisotopic (exact) mass is 261 g/mol. The van der Waals surface area contributed by atoms with Crippen LogP contribution >= 0.6 is 0 Å². The molecule has 0 atom stereocenters. The third-order valence-electron chi connectivity index (χ3n) is 2.50. The van der Waals surface area contributed by atoms with Crippen molar-refractivity contribution in [2.75, 3.05) is 0 Å².